The number of nitrogens with zero attached hydrogens (tertiary/aromatic N) is 1. The second kappa shape index (κ2) is 10.2. The van der Waals surface area contributed by atoms with Crippen LogP contribution in [-0.2, 0) is 9.59 Å². The number of rotatable bonds is 6. The van der Waals surface area contributed by atoms with Gasteiger partial charge in [-0.05, 0) is 72.3 Å². The monoisotopic (exact) mass is 498 g/mol. The van der Waals surface area contributed by atoms with Crippen LogP contribution >= 0.6 is 35.6 Å². The van der Waals surface area contributed by atoms with Crippen molar-refractivity contribution in [3.8, 4) is 5.75 Å². The van der Waals surface area contributed by atoms with Gasteiger partial charge in [0.2, 0.25) is 0 Å². The number of amides is 2. The zero-order valence-electron chi connectivity index (χ0n) is 17.0. The van der Waals surface area contributed by atoms with Gasteiger partial charge in [-0.25, -0.2) is 4.39 Å². The number of carbonyl (C=O) groups excluding carboxylic acids is 2. The molecule has 1 aliphatic rings. The van der Waals surface area contributed by atoms with Crippen molar-refractivity contribution in [2.45, 2.75) is 0 Å². The zero-order valence-corrected chi connectivity index (χ0v) is 19.3. The third kappa shape index (κ3) is 5.78. The molecule has 166 valence electrons. The van der Waals surface area contributed by atoms with Crippen LogP contribution in [0.5, 0.6) is 5.75 Å². The predicted octanol–water partition coefficient (Wildman–Crippen LogP) is 5.90. The molecule has 0 bridgehead atoms. The summed E-state index contributed by atoms with van der Waals surface area (Å²) in [5, 5.41) is 3.30. The van der Waals surface area contributed by atoms with Gasteiger partial charge in [0.15, 0.2) is 10.9 Å². The largest absolute Gasteiger partial charge is 0.484 e. The average Bonchev–Trinajstić information content (AvgIpc) is 3.07. The number of thiocarbonyl (C=S) groups is 1. The molecule has 4 rings (SSSR count). The Morgan fingerprint density at radius 2 is 1.85 bits per heavy atom. The van der Waals surface area contributed by atoms with Gasteiger partial charge in [-0.1, -0.05) is 47.7 Å². The summed E-state index contributed by atoms with van der Waals surface area (Å²) in [6, 6.07) is 19.3. The Labute approximate surface area is 204 Å². The van der Waals surface area contributed by atoms with Gasteiger partial charge < -0.3 is 10.1 Å². The molecular formula is C24H16ClFN2O3S2. The summed E-state index contributed by atoms with van der Waals surface area (Å²) in [6.45, 7) is -0.182. The van der Waals surface area contributed by atoms with Gasteiger partial charge in [-0.3, -0.25) is 14.5 Å². The van der Waals surface area contributed by atoms with Crippen molar-refractivity contribution in [2.75, 3.05) is 16.8 Å². The fourth-order valence-corrected chi connectivity index (χ4v) is 4.43. The molecule has 5 nitrogen and oxygen atoms in total. The van der Waals surface area contributed by atoms with Gasteiger partial charge in [-0.15, -0.1) is 0 Å². The Kier molecular flexibility index (Phi) is 7.08. The number of anilines is 2. The number of carbonyl (C=O) groups is 2. The molecule has 1 saturated heterocycles. The molecule has 0 aliphatic carbocycles. The Hall–Kier alpha value is -3.20. The van der Waals surface area contributed by atoms with E-state index in [4.69, 9.17) is 28.6 Å². The van der Waals surface area contributed by atoms with Crippen molar-refractivity contribution in [3.63, 3.8) is 0 Å². The van der Waals surface area contributed by atoms with Gasteiger partial charge >= 0.3 is 0 Å². The minimum absolute atomic E-state index is 0.182. The predicted molar refractivity (Wildman–Crippen MR) is 134 cm³/mol. The number of hydrogen-bond donors (Lipinski definition) is 1. The highest BCUT2D eigenvalue weighted by atomic mass is 35.5. The first kappa shape index (κ1) is 23.0. The highest BCUT2D eigenvalue weighted by molar-refractivity contribution is 8.27. The molecule has 3 aromatic rings. The maximum absolute atomic E-state index is 13.2. The third-order valence-electron chi connectivity index (χ3n) is 4.53. The molecule has 0 aromatic heterocycles. The summed E-state index contributed by atoms with van der Waals surface area (Å²) in [5.74, 6) is -0.518. The standard InChI is InChI=1S/C24H16ClFN2O3S2/c25-16-4-8-18(9-5-16)27-22(29)14-31-20-3-1-2-15(12-20)13-21-23(30)28(24(32)33-21)19-10-6-17(26)7-11-19/h1-13H,14H2,(H,27,29)/b21-13-. The minimum atomic E-state index is -0.390. The molecule has 1 N–H and O–H groups in total. The van der Waals surface area contributed by atoms with Crippen molar-refractivity contribution in [1.82, 2.24) is 0 Å². The van der Waals surface area contributed by atoms with Crippen LogP contribution < -0.4 is 15.0 Å². The second-order valence-electron chi connectivity index (χ2n) is 6.91. The third-order valence-corrected chi connectivity index (χ3v) is 6.09. The number of nitrogens with one attached hydrogen (secondary N) is 1. The molecule has 2 amide bonds. The van der Waals surface area contributed by atoms with E-state index in [0.717, 1.165) is 11.8 Å². The van der Waals surface area contributed by atoms with Crippen LogP contribution in [-0.4, -0.2) is 22.7 Å². The number of thioether (sulfide) groups is 1. The van der Waals surface area contributed by atoms with Crippen molar-refractivity contribution in [2.24, 2.45) is 0 Å². The van der Waals surface area contributed by atoms with Crippen LogP contribution in [0.15, 0.2) is 77.7 Å². The fraction of sp³-hybridized carbons (Fsp3) is 0.0417. The van der Waals surface area contributed by atoms with Gasteiger partial charge in [-0.2, -0.15) is 0 Å². The lowest BCUT2D eigenvalue weighted by Crippen LogP contribution is -2.27. The average molecular weight is 499 g/mol. The quantitative estimate of drug-likeness (QED) is 0.338. The van der Waals surface area contributed by atoms with Crippen molar-refractivity contribution >= 4 is 69.2 Å². The Morgan fingerprint density at radius 1 is 1.12 bits per heavy atom. The zero-order chi connectivity index (χ0) is 23.4. The summed E-state index contributed by atoms with van der Waals surface area (Å²) in [7, 11) is 0. The van der Waals surface area contributed by atoms with Crippen LogP contribution in [0.2, 0.25) is 5.02 Å². The van der Waals surface area contributed by atoms with Crippen LogP contribution in [0, 0.1) is 5.82 Å². The fourth-order valence-electron chi connectivity index (χ4n) is 3.01. The van der Waals surface area contributed by atoms with Crippen LogP contribution in [0.1, 0.15) is 5.56 Å². The molecule has 3 aromatic carbocycles. The SMILES string of the molecule is O=C(COc1cccc(/C=C2\SC(=S)N(c3ccc(F)cc3)C2=O)c1)Nc1ccc(Cl)cc1. The summed E-state index contributed by atoms with van der Waals surface area (Å²) in [5.41, 5.74) is 1.83. The molecule has 0 saturated carbocycles. The van der Waals surface area contributed by atoms with E-state index >= 15 is 0 Å². The molecule has 33 heavy (non-hydrogen) atoms. The Bertz CT molecular complexity index is 1250. The van der Waals surface area contributed by atoms with Crippen LogP contribution in [0.4, 0.5) is 15.8 Å². The lowest BCUT2D eigenvalue weighted by molar-refractivity contribution is -0.118. The maximum atomic E-state index is 13.2. The number of hydrogen-bond acceptors (Lipinski definition) is 5. The highest BCUT2D eigenvalue weighted by Gasteiger charge is 2.33. The van der Waals surface area contributed by atoms with E-state index in [1.165, 1.54) is 29.2 Å². The van der Waals surface area contributed by atoms with E-state index < -0.39 is 5.82 Å². The number of benzene rings is 3. The van der Waals surface area contributed by atoms with Gasteiger partial charge in [0.25, 0.3) is 11.8 Å². The minimum Gasteiger partial charge on any atom is -0.484 e. The van der Waals surface area contributed by atoms with Gasteiger partial charge in [0.05, 0.1) is 10.6 Å². The summed E-state index contributed by atoms with van der Waals surface area (Å²) < 4.78 is 19.2. The lowest BCUT2D eigenvalue weighted by atomic mass is 10.2. The molecule has 9 heteroatoms. The first-order valence-corrected chi connectivity index (χ1v) is 11.3. The van der Waals surface area contributed by atoms with E-state index in [1.807, 2.05) is 6.07 Å². The van der Waals surface area contributed by atoms with Crippen molar-refractivity contribution < 1.29 is 18.7 Å². The van der Waals surface area contributed by atoms with Crippen LogP contribution in [0.25, 0.3) is 6.08 Å². The first-order chi connectivity index (χ1) is 15.9. The Morgan fingerprint density at radius 3 is 2.58 bits per heavy atom. The molecule has 0 radical (unpaired) electrons. The molecular weight excluding hydrogens is 483 g/mol. The van der Waals surface area contributed by atoms with E-state index in [9.17, 15) is 14.0 Å². The molecule has 1 fully saturated rings. The van der Waals surface area contributed by atoms with Gasteiger partial charge in [0.1, 0.15) is 11.6 Å². The maximum Gasteiger partial charge on any atom is 0.270 e. The van der Waals surface area contributed by atoms with E-state index in [2.05, 4.69) is 5.32 Å². The topological polar surface area (TPSA) is 58.6 Å². The smallest absolute Gasteiger partial charge is 0.270 e. The van der Waals surface area contributed by atoms with E-state index in [0.29, 0.717) is 36.9 Å². The number of ether oxygens (including phenoxy) is 1. The first-order valence-electron chi connectivity index (χ1n) is 9.71. The highest BCUT2D eigenvalue weighted by Crippen LogP contribution is 2.36. The molecule has 0 spiro atoms. The van der Waals surface area contributed by atoms with Gasteiger partial charge in [0, 0.05) is 10.7 Å². The van der Waals surface area contributed by atoms with E-state index in [-0.39, 0.29) is 18.4 Å². The summed E-state index contributed by atoms with van der Waals surface area (Å²) in [6.07, 6.45) is 1.70. The Balaban J connectivity index is 1.41. The number of halogens is 2. The second-order valence-corrected chi connectivity index (χ2v) is 9.02. The molecule has 0 atom stereocenters. The van der Waals surface area contributed by atoms with Crippen molar-refractivity contribution in [3.05, 3.63) is 94.1 Å². The summed E-state index contributed by atoms with van der Waals surface area (Å²) >= 11 is 12.3. The van der Waals surface area contributed by atoms with Crippen molar-refractivity contribution in [1.29, 1.82) is 0 Å². The van der Waals surface area contributed by atoms with Crippen LogP contribution in [0.3, 0.4) is 0 Å². The molecule has 1 aliphatic heterocycles. The normalized spacial score (nSPS) is 14.6. The lowest BCUT2D eigenvalue weighted by Gasteiger charge is -2.14. The molecule has 0 unspecified atom stereocenters. The molecule has 1 heterocycles. The summed E-state index contributed by atoms with van der Waals surface area (Å²) in [4.78, 5) is 26.8. The van der Waals surface area contributed by atoms with E-state index in [1.54, 1.807) is 48.5 Å².